The summed E-state index contributed by atoms with van der Waals surface area (Å²) in [6.45, 7) is 6.18. The van der Waals surface area contributed by atoms with E-state index in [1.165, 1.54) is 93.4 Å². The van der Waals surface area contributed by atoms with Gasteiger partial charge in [0.1, 0.15) is 0 Å². The maximum absolute atomic E-state index is 3.85. The van der Waals surface area contributed by atoms with E-state index in [1.54, 1.807) is 5.56 Å². The molecular formula is C31H44. The molecule has 0 aliphatic heterocycles. The fourth-order valence-corrected chi connectivity index (χ4v) is 6.55. The molecule has 0 heterocycles. The van der Waals surface area contributed by atoms with Gasteiger partial charge in [-0.2, -0.15) is 0 Å². The van der Waals surface area contributed by atoms with E-state index in [-0.39, 0.29) is 0 Å². The van der Waals surface area contributed by atoms with Crippen molar-refractivity contribution in [3.05, 3.63) is 60.2 Å². The van der Waals surface area contributed by atoms with E-state index < -0.39 is 0 Å². The van der Waals surface area contributed by atoms with Crippen molar-refractivity contribution in [3.63, 3.8) is 0 Å². The van der Waals surface area contributed by atoms with Gasteiger partial charge in [-0.25, -0.2) is 0 Å². The van der Waals surface area contributed by atoms with E-state index >= 15 is 0 Å². The molecule has 2 fully saturated rings. The Morgan fingerprint density at radius 1 is 0.806 bits per heavy atom. The van der Waals surface area contributed by atoms with Crippen LogP contribution in [0.2, 0.25) is 0 Å². The average molecular weight is 417 g/mol. The van der Waals surface area contributed by atoms with Gasteiger partial charge in [-0.3, -0.25) is 0 Å². The maximum Gasteiger partial charge on any atom is -0.0162 e. The van der Waals surface area contributed by atoms with Gasteiger partial charge in [-0.15, -0.1) is 6.58 Å². The van der Waals surface area contributed by atoms with Crippen molar-refractivity contribution in [2.75, 3.05) is 0 Å². The standard InChI is InChI=1S/C31H44/c1-3-5-7-9-24-10-13-26(14-11-24)27-16-18-28(19-17-27)30-21-20-29-22-25(8-6-4-2)12-15-31(29)23-30/h4,12,15,20-24,26-28H,2-3,5-11,13-14,16-19H2,1H3. The normalized spacial score (nSPS) is 26.7. The molecule has 0 amide bonds. The second kappa shape index (κ2) is 11.3. The molecule has 0 spiro atoms. The van der Waals surface area contributed by atoms with Gasteiger partial charge in [0.15, 0.2) is 0 Å². The molecule has 2 aromatic carbocycles. The van der Waals surface area contributed by atoms with Gasteiger partial charge in [-0.05, 0) is 96.9 Å². The number of benzene rings is 2. The fourth-order valence-electron chi connectivity index (χ4n) is 6.55. The smallest absolute Gasteiger partial charge is 0.0162 e. The molecule has 0 bridgehead atoms. The Labute approximate surface area is 191 Å². The van der Waals surface area contributed by atoms with Crippen molar-refractivity contribution in [1.82, 2.24) is 0 Å². The van der Waals surface area contributed by atoms with Crippen molar-refractivity contribution in [1.29, 1.82) is 0 Å². The van der Waals surface area contributed by atoms with Crippen LogP contribution in [0.5, 0.6) is 0 Å². The van der Waals surface area contributed by atoms with Crippen LogP contribution in [0.1, 0.15) is 107 Å². The zero-order valence-electron chi connectivity index (χ0n) is 20.0. The summed E-state index contributed by atoms with van der Waals surface area (Å²) in [7, 11) is 0. The van der Waals surface area contributed by atoms with Gasteiger partial charge in [0.25, 0.3) is 0 Å². The van der Waals surface area contributed by atoms with Crippen molar-refractivity contribution in [2.24, 2.45) is 17.8 Å². The first kappa shape index (κ1) is 22.6. The first-order valence-electron chi connectivity index (χ1n) is 13.4. The average Bonchev–Trinajstić information content (AvgIpc) is 2.83. The van der Waals surface area contributed by atoms with Crippen LogP contribution < -0.4 is 0 Å². The third-order valence-corrected chi connectivity index (χ3v) is 8.58. The van der Waals surface area contributed by atoms with Gasteiger partial charge < -0.3 is 0 Å². The number of unbranched alkanes of at least 4 members (excludes halogenated alkanes) is 2. The Kier molecular flexibility index (Phi) is 8.28. The van der Waals surface area contributed by atoms with Crippen LogP contribution in [0.15, 0.2) is 49.1 Å². The zero-order chi connectivity index (χ0) is 21.5. The Morgan fingerprint density at radius 3 is 2.19 bits per heavy atom. The van der Waals surface area contributed by atoms with Crippen molar-refractivity contribution in [2.45, 2.75) is 103 Å². The minimum Gasteiger partial charge on any atom is -0.103 e. The lowest BCUT2D eigenvalue weighted by Crippen LogP contribution is -2.25. The molecule has 0 N–H and O–H groups in total. The lowest BCUT2D eigenvalue weighted by Gasteiger charge is -2.38. The summed E-state index contributed by atoms with van der Waals surface area (Å²) >= 11 is 0. The molecule has 4 rings (SSSR count). The quantitative estimate of drug-likeness (QED) is 0.282. The molecule has 0 aromatic heterocycles. The van der Waals surface area contributed by atoms with Gasteiger partial charge in [0.05, 0.1) is 0 Å². The molecule has 31 heavy (non-hydrogen) atoms. The van der Waals surface area contributed by atoms with E-state index in [2.05, 4.69) is 49.9 Å². The number of hydrogen-bond donors (Lipinski definition) is 0. The van der Waals surface area contributed by atoms with Crippen LogP contribution in [0.4, 0.5) is 0 Å². The van der Waals surface area contributed by atoms with E-state index in [0.29, 0.717) is 0 Å². The van der Waals surface area contributed by atoms with Crippen LogP contribution in [0.3, 0.4) is 0 Å². The van der Waals surface area contributed by atoms with Gasteiger partial charge in [0.2, 0.25) is 0 Å². The summed E-state index contributed by atoms with van der Waals surface area (Å²) in [6.07, 6.45) is 21.8. The van der Waals surface area contributed by atoms with Crippen molar-refractivity contribution in [3.8, 4) is 0 Å². The van der Waals surface area contributed by atoms with E-state index in [0.717, 1.165) is 36.5 Å². The van der Waals surface area contributed by atoms with Crippen LogP contribution in [0.25, 0.3) is 10.8 Å². The van der Waals surface area contributed by atoms with E-state index in [4.69, 9.17) is 0 Å². The number of aryl methyl sites for hydroxylation is 1. The highest BCUT2D eigenvalue weighted by molar-refractivity contribution is 5.84. The molecule has 2 aliphatic carbocycles. The molecule has 0 unspecified atom stereocenters. The third kappa shape index (κ3) is 6.03. The van der Waals surface area contributed by atoms with Gasteiger partial charge >= 0.3 is 0 Å². The number of fused-ring (bicyclic) bond motifs is 1. The fraction of sp³-hybridized carbons (Fsp3) is 0.613. The van der Waals surface area contributed by atoms with Crippen molar-refractivity contribution >= 4 is 10.8 Å². The summed E-state index contributed by atoms with van der Waals surface area (Å²) < 4.78 is 0. The molecule has 0 radical (unpaired) electrons. The summed E-state index contributed by atoms with van der Waals surface area (Å²) in [5.74, 6) is 3.88. The molecule has 2 aromatic rings. The van der Waals surface area contributed by atoms with Crippen LogP contribution >= 0.6 is 0 Å². The highest BCUT2D eigenvalue weighted by atomic mass is 14.4. The molecule has 168 valence electrons. The molecule has 0 atom stereocenters. The van der Waals surface area contributed by atoms with E-state index in [1.807, 2.05) is 6.08 Å². The lowest BCUT2D eigenvalue weighted by atomic mass is 9.68. The Bertz CT molecular complexity index is 815. The molecular weight excluding hydrogens is 372 g/mol. The first-order chi connectivity index (χ1) is 15.3. The lowest BCUT2D eigenvalue weighted by molar-refractivity contribution is 0.155. The molecule has 2 saturated carbocycles. The highest BCUT2D eigenvalue weighted by Crippen LogP contribution is 2.44. The summed E-state index contributed by atoms with van der Waals surface area (Å²) in [4.78, 5) is 0. The number of rotatable bonds is 9. The highest BCUT2D eigenvalue weighted by Gasteiger charge is 2.31. The predicted molar refractivity (Wildman–Crippen MR) is 137 cm³/mol. The first-order valence-corrected chi connectivity index (χ1v) is 13.4. The zero-order valence-corrected chi connectivity index (χ0v) is 20.0. The summed E-state index contributed by atoms with van der Waals surface area (Å²) in [6, 6.07) is 14.3. The second-order valence-corrected chi connectivity index (χ2v) is 10.7. The monoisotopic (exact) mass is 416 g/mol. The Balaban J connectivity index is 1.27. The largest absolute Gasteiger partial charge is 0.103 e. The molecule has 2 aliphatic rings. The Morgan fingerprint density at radius 2 is 1.48 bits per heavy atom. The topological polar surface area (TPSA) is 0 Å². The second-order valence-electron chi connectivity index (χ2n) is 10.7. The minimum atomic E-state index is 0.784. The SMILES string of the molecule is C=CCCc1ccc2cc(C3CCC(C4CCC(CCCCC)CC4)CC3)ccc2c1. The summed E-state index contributed by atoms with van der Waals surface area (Å²) in [5.41, 5.74) is 3.02. The van der Waals surface area contributed by atoms with Gasteiger partial charge in [0, 0.05) is 0 Å². The van der Waals surface area contributed by atoms with Gasteiger partial charge in [-0.1, -0.05) is 87.9 Å². The van der Waals surface area contributed by atoms with E-state index in [9.17, 15) is 0 Å². The number of allylic oxidation sites excluding steroid dienone is 1. The van der Waals surface area contributed by atoms with Crippen LogP contribution in [-0.2, 0) is 6.42 Å². The molecule has 0 heteroatoms. The predicted octanol–water partition coefficient (Wildman–Crippen LogP) is 9.62. The minimum absolute atomic E-state index is 0.784. The number of hydrogen-bond acceptors (Lipinski definition) is 0. The molecule has 0 nitrogen and oxygen atoms in total. The third-order valence-electron chi connectivity index (χ3n) is 8.58. The molecule has 0 saturated heterocycles. The van der Waals surface area contributed by atoms with Crippen molar-refractivity contribution < 1.29 is 0 Å². The summed E-state index contributed by atoms with van der Waals surface area (Å²) in [5, 5.41) is 2.82. The van der Waals surface area contributed by atoms with Crippen LogP contribution in [0, 0.1) is 17.8 Å². The van der Waals surface area contributed by atoms with Crippen LogP contribution in [-0.4, -0.2) is 0 Å². The Hall–Kier alpha value is -1.56. The maximum atomic E-state index is 3.85.